The number of carboxylic acid groups (broad SMARTS) is 1. The molecule has 8 nitrogen and oxygen atoms in total. The molecule has 2 aliphatic carbocycles. The van der Waals surface area contributed by atoms with E-state index in [1.165, 1.54) is 11.3 Å². The summed E-state index contributed by atoms with van der Waals surface area (Å²) in [5.41, 5.74) is 1.01. The van der Waals surface area contributed by atoms with Gasteiger partial charge >= 0.3 is 10.8 Å². The molecule has 34 heavy (non-hydrogen) atoms. The predicted octanol–water partition coefficient (Wildman–Crippen LogP) is 2.80. The Labute approximate surface area is 204 Å². The van der Waals surface area contributed by atoms with E-state index in [-0.39, 0.29) is 57.9 Å². The van der Waals surface area contributed by atoms with Gasteiger partial charge < -0.3 is 10.1 Å². The number of carboxylic acids is 1. The summed E-state index contributed by atoms with van der Waals surface area (Å²) in [5, 5.41) is 10.8. The van der Waals surface area contributed by atoms with Crippen molar-refractivity contribution in [2.24, 2.45) is 35.5 Å². The molecule has 2 amide bonds. The zero-order valence-electron chi connectivity index (χ0n) is 18.7. The van der Waals surface area contributed by atoms with Gasteiger partial charge in [0.15, 0.2) is 0 Å². The van der Waals surface area contributed by atoms with E-state index in [0.29, 0.717) is 0 Å². The maximum Gasteiger partial charge on any atom is 0.326 e. The molecule has 2 aromatic rings. The number of aromatic amines is 1. The minimum atomic E-state index is -1.12. The topological polar surface area (TPSA) is 120 Å². The Morgan fingerprint density at radius 3 is 2.62 bits per heavy atom. The fraction of sp³-hybridized carbons (Fsp3) is 0.542. The molecule has 8 atom stereocenters. The lowest BCUT2D eigenvalue weighted by Crippen LogP contribution is -2.47. The molecule has 1 saturated heterocycles. The number of imide groups is 1. The van der Waals surface area contributed by atoms with Crippen LogP contribution in [-0.4, -0.2) is 49.0 Å². The molecule has 2 N–H and O–H groups in total. The summed E-state index contributed by atoms with van der Waals surface area (Å²) < 4.78 is 0. The van der Waals surface area contributed by atoms with Gasteiger partial charge in [-0.05, 0) is 48.1 Å². The second kappa shape index (κ2) is 7.78. The summed E-state index contributed by atoms with van der Waals surface area (Å²) in [6.07, 6.45) is 4.57. The number of hydrogen-bond donors (Lipinski definition) is 2. The average Bonchev–Trinajstić information content (AvgIpc) is 3.51. The van der Waals surface area contributed by atoms with Crippen molar-refractivity contribution < 1.29 is 19.5 Å². The van der Waals surface area contributed by atoms with Gasteiger partial charge in [-0.1, -0.05) is 31.3 Å². The Hall–Kier alpha value is -2.46. The van der Waals surface area contributed by atoms with Crippen LogP contribution in [0.3, 0.4) is 0 Å². The van der Waals surface area contributed by atoms with Crippen LogP contribution in [0.2, 0.25) is 0 Å². The number of pyridine rings is 1. The van der Waals surface area contributed by atoms with E-state index in [1.807, 2.05) is 32.2 Å². The third-order valence-corrected chi connectivity index (χ3v) is 10.7. The fourth-order valence-corrected chi connectivity index (χ4v) is 9.93. The van der Waals surface area contributed by atoms with E-state index in [1.54, 1.807) is 18.0 Å². The van der Waals surface area contributed by atoms with E-state index in [4.69, 9.17) is 0 Å². The normalized spacial score (nSPS) is 34.3. The lowest BCUT2D eigenvalue weighted by molar-refractivity contribution is -0.156. The average molecular weight is 500 g/mol. The summed E-state index contributed by atoms with van der Waals surface area (Å²) in [7, 11) is 0. The number of carbonyl (C=O) groups excluding carboxylic acids is 2. The van der Waals surface area contributed by atoms with Crippen LogP contribution in [0.5, 0.6) is 0 Å². The first-order valence-electron chi connectivity index (χ1n) is 11.7. The Morgan fingerprint density at radius 2 is 1.97 bits per heavy atom. The number of hydrogen-bond acceptors (Lipinski definition) is 7. The van der Waals surface area contributed by atoms with Crippen molar-refractivity contribution in [3.63, 3.8) is 0 Å². The van der Waals surface area contributed by atoms with Crippen LogP contribution in [-0.2, 0) is 14.4 Å². The van der Waals surface area contributed by atoms with Crippen molar-refractivity contribution in [2.45, 2.75) is 48.9 Å². The highest BCUT2D eigenvalue weighted by molar-refractivity contribution is 8.00. The van der Waals surface area contributed by atoms with Crippen molar-refractivity contribution in [1.82, 2.24) is 14.9 Å². The van der Waals surface area contributed by atoms with E-state index in [0.717, 1.165) is 26.8 Å². The van der Waals surface area contributed by atoms with Crippen LogP contribution in [0.1, 0.15) is 43.0 Å². The molecular formula is C24H25N3O5S2. The van der Waals surface area contributed by atoms with Gasteiger partial charge in [0.05, 0.1) is 16.9 Å². The summed E-state index contributed by atoms with van der Waals surface area (Å²) in [6, 6.07) is 2.78. The number of nitrogens with zero attached hydrogens (tertiary/aromatic N) is 2. The molecule has 2 bridgehead atoms. The maximum absolute atomic E-state index is 13.7. The second-order valence-corrected chi connectivity index (χ2v) is 12.5. The van der Waals surface area contributed by atoms with Crippen LogP contribution >= 0.6 is 23.1 Å². The molecular weight excluding hydrogens is 474 g/mol. The summed E-state index contributed by atoms with van der Waals surface area (Å²) >= 11 is 2.84. The Morgan fingerprint density at radius 1 is 1.24 bits per heavy atom. The first-order chi connectivity index (χ1) is 16.3. The first kappa shape index (κ1) is 22.0. The molecule has 0 aromatic carbocycles. The first-order valence-corrected chi connectivity index (χ1v) is 13.4. The monoisotopic (exact) mass is 499 g/mol. The molecule has 4 heterocycles. The molecule has 2 saturated carbocycles. The van der Waals surface area contributed by atoms with Crippen LogP contribution < -0.4 is 4.87 Å². The van der Waals surface area contributed by atoms with Crippen molar-refractivity contribution in [3.05, 3.63) is 44.6 Å². The van der Waals surface area contributed by atoms with Crippen molar-refractivity contribution >= 4 is 40.9 Å². The van der Waals surface area contributed by atoms with Crippen molar-refractivity contribution in [2.75, 3.05) is 0 Å². The zero-order chi connectivity index (χ0) is 23.9. The Bertz CT molecular complexity index is 1240. The third-order valence-electron chi connectivity index (χ3n) is 8.09. The van der Waals surface area contributed by atoms with Crippen LogP contribution in [0.15, 0.2) is 34.3 Å². The van der Waals surface area contributed by atoms with E-state index >= 15 is 0 Å². The number of rotatable bonds is 5. The molecule has 6 rings (SSSR count). The quantitative estimate of drug-likeness (QED) is 0.607. The Balaban J connectivity index is 1.42. The van der Waals surface area contributed by atoms with Crippen molar-refractivity contribution in [1.29, 1.82) is 0 Å². The second-order valence-electron chi connectivity index (χ2n) is 10.3. The number of aromatic nitrogens is 2. The summed E-state index contributed by atoms with van der Waals surface area (Å²) in [5.74, 6) is -2.71. The van der Waals surface area contributed by atoms with Crippen LogP contribution in [0, 0.1) is 35.5 Å². The molecule has 0 spiro atoms. The molecule has 3 fully saturated rings. The number of amides is 2. The fourth-order valence-electron chi connectivity index (χ4n) is 7.04. The molecule has 178 valence electrons. The number of aliphatic carboxylic acids is 1. The van der Waals surface area contributed by atoms with Crippen LogP contribution in [0.25, 0.3) is 0 Å². The van der Waals surface area contributed by atoms with Gasteiger partial charge in [-0.25, -0.2) is 4.79 Å². The van der Waals surface area contributed by atoms with Gasteiger partial charge in [-0.3, -0.25) is 24.3 Å². The lowest BCUT2D eigenvalue weighted by atomic mass is 9.68. The summed E-state index contributed by atoms with van der Waals surface area (Å²) in [4.78, 5) is 60.8. The SMILES string of the molecule is CC(C)C[C@@H](C(=O)O)N1C(=O)[C@@H]2[C@@H]3C[C@H]([C@H]4Sc5[nH]c(=O)sc5[C@@H](c5cccnc5)[C@H]34)[C@@H]2C1=O. The molecule has 10 heteroatoms. The summed E-state index contributed by atoms with van der Waals surface area (Å²) in [6.45, 7) is 3.79. The van der Waals surface area contributed by atoms with Gasteiger partial charge in [-0.2, -0.15) is 0 Å². The van der Waals surface area contributed by atoms with E-state index in [9.17, 15) is 24.3 Å². The van der Waals surface area contributed by atoms with Gasteiger partial charge in [-0.15, -0.1) is 11.8 Å². The lowest BCUT2D eigenvalue weighted by Gasteiger charge is -2.42. The van der Waals surface area contributed by atoms with Gasteiger partial charge in [0.25, 0.3) is 0 Å². The molecule has 0 radical (unpaired) electrons. The number of likely N-dealkylation sites (tertiary alicyclic amines) is 1. The number of nitrogens with one attached hydrogen (secondary N) is 1. The van der Waals surface area contributed by atoms with E-state index in [2.05, 4.69) is 9.97 Å². The number of H-pyrrole nitrogens is 1. The zero-order valence-corrected chi connectivity index (χ0v) is 20.3. The largest absolute Gasteiger partial charge is 0.480 e. The standard InChI is InChI=1S/C24H25N3O5S2/c1-9(2)6-13(23(30)31)27-21(28)16-11-7-12(17(16)22(27)29)18-15(11)14(10-4-3-5-25-8-10)19-20(33-18)26-24(32)34-19/h3-5,8-9,11-18H,6-7H2,1-2H3,(H,26,32)(H,30,31)/t11-,12+,13+,14+,15+,16-,17+,18-/m1/s1. The molecule has 2 aliphatic heterocycles. The predicted molar refractivity (Wildman–Crippen MR) is 125 cm³/mol. The molecule has 2 aromatic heterocycles. The highest BCUT2D eigenvalue weighted by atomic mass is 32.2. The number of thioether (sulfide) groups is 1. The number of carbonyl (C=O) groups is 3. The third kappa shape index (κ3) is 3.00. The maximum atomic E-state index is 13.7. The van der Waals surface area contributed by atoms with Gasteiger partial charge in [0, 0.05) is 28.4 Å². The number of fused-ring (bicyclic) bond motifs is 9. The Kier molecular flexibility index (Phi) is 5.04. The number of thiazole rings is 1. The van der Waals surface area contributed by atoms with Crippen molar-refractivity contribution in [3.8, 4) is 0 Å². The van der Waals surface area contributed by atoms with Gasteiger partial charge in [0.1, 0.15) is 6.04 Å². The van der Waals surface area contributed by atoms with Crippen LogP contribution in [0.4, 0.5) is 0 Å². The van der Waals surface area contributed by atoms with Gasteiger partial charge in [0.2, 0.25) is 11.8 Å². The smallest absolute Gasteiger partial charge is 0.326 e. The van der Waals surface area contributed by atoms with E-state index < -0.39 is 23.8 Å². The minimum absolute atomic E-state index is 0.0179. The molecule has 4 aliphatic rings. The highest BCUT2D eigenvalue weighted by Gasteiger charge is 2.70. The highest BCUT2D eigenvalue weighted by Crippen LogP contribution is 2.68. The minimum Gasteiger partial charge on any atom is -0.480 e. The molecule has 0 unspecified atom stereocenters.